The Kier molecular flexibility index (Phi) is 4.97. The van der Waals surface area contributed by atoms with E-state index in [1.807, 2.05) is 0 Å². The summed E-state index contributed by atoms with van der Waals surface area (Å²) in [5.74, 6) is -1.22. The number of carboxylic acids is 1. The first-order valence-electron chi connectivity index (χ1n) is 6.86. The van der Waals surface area contributed by atoms with Crippen molar-refractivity contribution < 1.29 is 23.4 Å². The molecule has 1 saturated heterocycles. The first-order chi connectivity index (χ1) is 9.94. The number of rotatable bonds is 5. The van der Waals surface area contributed by atoms with Crippen LogP contribution in [0, 0.1) is 0 Å². The van der Waals surface area contributed by atoms with E-state index in [0.717, 1.165) is 12.8 Å². The second-order valence-electron chi connectivity index (χ2n) is 5.20. The number of benzene rings is 1. The van der Waals surface area contributed by atoms with Crippen molar-refractivity contribution in [3.63, 3.8) is 0 Å². The predicted molar refractivity (Wildman–Crippen MR) is 77.5 cm³/mol. The first-order valence-corrected chi connectivity index (χ1v) is 8.47. The molecule has 1 unspecified atom stereocenters. The molecule has 21 heavy (non-hydrogen) atoms. The summed E-state index contributed by atoms with van der Waals surface area (Å²) in [5.41, 5.74) is 0.671. The quantitative estimate of drug-likeness (QED) is 0.847. The first kappa shape index (κ1) is 15.9. The van der Waals surface area contributed by atoms with Crippen LogP contribution in [0.4, 0.5) is 0 Å². The van der Waals surface area contributed by atoms with Gasteiger partial charge in [-0.1, -0.05) is 18.6 Å². The highest BCUT2D eigenvalue weighted by molar-refractivity contribution is 7.88. The summed E-state index contributed by atoms with van der Waals surface area (Å²) in [6, 6.07) is 5.47. The summed E-state index contributed by atoms with van der Waals surface area (Å²) in [6.45, 7) is 0.262. The fourth-order valence-electron chi connectivity index (χ4n) is 2.56. The fraction of sp³-hybridized carbons (Fsp3) is 0.500. The molecule has 6 nitrogen and oxygen atoms in total. The fourth-order valence-corrected chi connectivity index (χ4v) is 4.37. The molecule has 0 saturated carbocycles. The van der Waals surface area contributed by atoms with Gasteiger partial charge in [-0.25, -0.2) is 13.2 Å². The van der Waals surface area contributed by atoms with Crippen molar-refractivity contribution in [3.05, 3.63) is 35.4 Å². The minimum Gasteiger partial charge on any atom is -0.478 e. The normalized spacial score (nSPS) is 20.3. The summed E-state index contributed by atoms with van der Waals surface area (Å²) < 4.78 is 26.3. The summed E-state index contributed by atoms with van der Waals surface area (Å²) in [5, 5.41) is 18.1. The third-order valence-corrected chi connectivity index (χ3v) is 5.58. The zero-order valence-corrected chi connectivity index (χ0v) is 12.4. The van der Waals surface area contributed by atoms with Crippen LogP contribution in [0.3, 0.4) is 0 Å². The van der Waals surface area contributed by atoms with E-state index in [0.29, 0.717) is 18.5 Å². The van der Waals surface area contributed by atoms with Gasteiger partial charge in [0.25, 0.3) is 0 Å². The van der Waals surface area contributed by atoms with Crippen LogP contribution in [0.15, 0.2) is 24.3 Å². The molecule has 0 aromatic heterocycles. The smallest absolute Gasteiger partial charge is 0.335 e. The molecule has 1 aliphatic rings. The summed E-state index contributed by atoms with van der Waals surface area (Å²) >= 11 is 0. The highest BCUT2D eigenvalue weighted by Gasteiger charge is 2.31. The summed E-state index contributed by atoms with van der Waals surface area (Å²) in [4.78, 5) is 10.8. The van der Waals surface area contributed by atoms with E-state index >= 15 is 0 Å². The minimum absolute atomic E-state index is 0.127. The van der Waals surface area contributed by atoms with E-state index in [1.165, 1.54) is 28.6 Å². The lowest BCUT2D eigenvalue weighted by molar-refractivity contribution is 0.0697. The van der Waals surface area contributed by atoms with Gasteiger partial charge < -0.3 is 10.2 Å². The van der Waals surface area contributed by atoms with Gasteiger partial charge in [0.1, 0.15) is 0 Å². The van der Waals surface area contributed by atoms with Gasteiger partial charge in [-0.15, -0.1) is 0 Å². The van der Waals surface area contributed by atoms with Crippen LogP contribution in [-0.2, 0) is 15.8 Å². The SMILES string of the molecule is O=C(O)c1ccc(CS(=O)(=O)N2CCCCC2CO)cc1. The molecule has 0 bridgehead atoms. The average molecular weight is 313 g/mol. The van der Waals surface area contributed by atoms with Gasteiger partial charge in [-0.2, -0.15) is 4.31 Å². The van der Waals surface area contributed by atoms with Gasteiger partial charge in [-0.3, -0.25) is 0 Å². The van der Waals surface area contributed by atoms with Crippen LogP contribution < -0.4 is 0 Å². The van der Waals surface area contributed by atoms with Gasteiger partial charge in [0, 0.05) is 12.6 Å². The number of piperidine rings is 1. The van der Waals surface area contributed by atoms with E-state index in [9.17, 15) is 18.3 Å². The summed E-state index contributed by atoms with van der Waals surface area (Å²) in [7, 11) is -3.50. The molecule has 1 aromatic rings. The third kappa shape index (κ3) is 3.81. The Morgan fingerprint density at radius 3 is 2.48 bits per heavy atom. The summed E-state index contributed by atoms with van der Waals surface area (Å²) in [6.07, 6.45) is 2.39. The molecule has 0 amide bonds. The maximum Gasteiger partial charge on any atom is 0.335 e. The lowest BCUT2D eigenvalue weighted by Gasteiger charge is -2.33. The van der Waals surface area contributed by atoms with Crippen molar-refractivity contribution in [2.24, 2.45) is 0 Å². The van der Waals surface area contributed by atoms with E-state index in [4.69, 9.17) is 5.11 Å². The Hall–Kier alpha value is -1.44. The van der Waals surface area contributed by atoms with Crippen molar-refractivity contribution in [1.82, 2.24) is 4.31 Å². The molecule has 0 aliphatic carbocycles. The van der Waals surface area contributed by atoms with Crippen LogP contribution >= 0.6 is 0 Å². The van der Waals surface area contributed by atoms with Gasteiger partial charge in [0.2, 0.25) is 10.0 Å². The molecule has 0 radical (unpaired) electrons. The van der Waals surface area contributed by atoms with Gasteiger partial charge >= 0.3 is 5.97 Å². The lowest BCUT2D eigenvalue weighted by atomic mass is 10.1. The molecule has 1 heterocycles. The topological polar surface area (TPSA) is 94.9 Å². The highest BCUT2D eigenvalue weighted by Crippen LogP contribution is 2.22. The maximum absolute atomic E-state index is 12.4. The average Bonchev–Trinajstić information content (AvgIpc) is 2.47. The van der Waals surface area contributed by atoms with Gasteiger partial charge in [-0.05, 0) is 30.5 Å². The maximum atomic E-state index is 12.4. The number of carboxylic acid groups (broad SMARTS) is 1. The molecule has 116 valence electrons. The zero-order chi connectivity index (χ0) is 15.5. The lowest BCUT2D eigenvalue weighted by Crippen LogP contribution is -2.45. The van der Waals surface area contributed by atoms with Crippen LogP contribution in [-0.4, -0.2) is 48.1 Å². The Labute approximate surface area is 124 Å². The molecule has 0 spiro atoms. The highest BCUT2D eigenvalue weighted by atomic mass is 32.2. The van der Waals surface area contributed by atoms with E-state index in [-0.39, 0.29) is 24.0 Å². The van der Waals surface area contributed by atoms with Crippen molar-refractivity contribution in [3.8, 4) is 0 Å². The number of carbonyl (C=O) groups is 1. The Morgan fingerprint density at radius 1 is 1.24 bits per heavy atom. The number of hydrogen-bond donors (Lipinski definition) is 2. The number of aromatic carboxylic acids is 1. The monoisotopic (exact) mass is 313 g/mol. The van der Waals surface area contributed by atoms with Crippen molar-refractivity contribution >= 4 is 16.0 Å². The predicted octanol–water partition coefficient (Wildman–Crippen LogP) is 1.06. The van der Waals surface area contributed by atoms with Crippen LogP contribution in [0.1, 0.15) is 35.2 Å². The standard InChI is InChI=1S/C14H19NO5S/c16-9-13-3-1-2-8-15(13)21(19,20)10-11-4-6-12(7-5-11)14(17)18/h4-7,13,16H,1-3,8-10H2,(H,17,18). The molecular formula is C14H19NO5S. The van der Waals surface area contributed by atoms with E-state index in [1.54, 1.807) is 0 Å². The Morgan fingerprint density at radius 2 is 1.90 bits per heavy atom. The molecule has 1 aromatic carbocycles. The van der Waals surface area contributed by atoms with Crippen molar-refractivity contribution in [2.45, 2.75) is 31.1 Å². The van der Waals surface area contributed by atoms with Crippen LogP contribution in [0.25, 0.3) is 0 Å². The molecule has 2 rings (SSSR count). The third-order valence-electron chi connectivity index (χ3n) is 3.69. The number of nitrogens with zero attached hydrogens (tertiary/aromatic N) is 1. The van der Waals surface area contributed by atoms with E-state index in [2.05, 4.69) is 0 Å². The molecule has 1 aliphatic heterocycles. The molecule has 2 N–H and O–H groups in total. The second kappa shape index (κ2) is 6.55. The van der Waals surface area contributed by atoms with Crippen molar-refractivity contribution in [1.29, 1.82) is 0 Å². The van der Waals surface area contributed by atoms with Gasteiger partial charge in [0.05, 0.1) is 17.9 Å². The van der Waals surface area contributed by atoms with Crippen LogP contribution in [0.2, 0.25) is 0 Å². The Bertz CT molecular complexity index is 596. The molecule has 1 atom stereocenters. The molecule has 1 fully saturated rings. The van der Waals surface area contributed by atoms with Crippen LogP contribution in [0.5, 0.6) is 0 Å². The minimum atomic E-state index is -3.50. The molecular weight excluding hydrogens is 294 g/mol. The largest absolute Gasteiger partial charge is 0.478 e. The number of aliphatic hydroxyl groups is 1. The zero-order valence-electron chi connectivity index (χ0n) is 11.6. The van der Waals surface area contributed by atoms with E-state index < -0.39 is 16.0 Å². The number of aliphatic hydroxyl groups excluding tert-OH is 1. The molecule has 7 heteroatoms. The van der Waals surface area contributed by atoms with Crippen molar-refractivity contribution in [2.75, 3.05) is 13.2 Å². The van der Waals surface area contributed by atoms with Gasteiger partial charge in [0.15, 0.2) is 0 Å². The number of hydrogen-bond acceptors (Lipinski definition) is 4. The Balaban J connectivity index is 2.14. The number of sulfonamides is 1. The second-order valence-corrected chi connectivity index (χ2v) is 7.12.